The van der Waals surface area contributed by atoms with Crippen LogP contribution < -0.4 is 10.5 Å². The van der Waals surface area contributed by atoms with Crippen molar-refractivity contribution in [3.8, 4) is 22.4 Å². The number of anilines is 1. The van der Waals surface area contributed by atoms with Gasteiger partial charge in [-0.15, -0.1) is 0 Å². The van der Waals surface area contributed by atoms with Crippen molar-refractivity contribution in [3.63, 3.8) is 0 Å². The number of nitrogens with zero attached hydrogens (tertiary/aromatic N) is 2. The number of alkyl halides is 3. The first-order valence-corrected chi connectivity index (χ1v) is 10.0. The monoisotopic (exact) mass is 440 g/mol. The minimum absolute atomic E-state index is 0.0493. The molecule has 0 saturated carbocycles. The maximum absolute atomic E-state index is 14.7. The molecule has 30 heavy (non-hydrogen) atoms. The van der Waals surface area contributed by atoms with E-state index in [0.717, 1.165) is 12.1 Å². The minimum atomic E-state index is -4.75. The van der Waals surface area contributed by atoms with Gasteiger partial charge < -0.3 is 5.73 Å². The summed E-state index contributed by atoms with van der Waals surface area (Å²) in [4.78, 5) is 7.42. The van der Waals surface area contributed by atoms with E-state index in [1.54, 1.807) is 4.72 Å². The second kappa shape index (κ2) is 8.00. The Morgan fingerprint density at radius 1 is 1.03 bits per heavy atom. The van der Waals surface area contributed by atoms with E-state index in [4.69, 9.17) is 5.73 Å². The van der Waals surface area contributed by atoms with Gasteiger partial charge in [-0.1, -0.05) is 24.3 Å². The molecule has 0 aliphatic heterocycles. The van der Waals surface area contributed by atoms with Crippen LogP contribution in [0.1, 0.15) is 6.92 Å². The molecule has 1 atom stereocenters. The molecule has 0 aliphatic carbocycles. The molecule has 0 spiro atoms. The van der Waals surface area contributed by atoms with Crippen molar-refractivity contribution in [2.24, 2.45) is 0 Å². The van der Waals surface area contributed by atoms with Gasteiger partial charge in [-0.3, -0.25) is 4.98 Å². The largest absolute Gasteiger partial charge is 0.404 e. The second-order valence-corrected chi connectivity index (χ2v) is 8.08. The number of nitrogens with two attached hydrogens (primary N) is 1. The normalized spacial score (nSPS) is 13.2. The maximum Gasteiger partial charge on any atom is 0.404 e. The Morgan fingerprint density at radius 2 is 1.73 bits per heavy atom. The molecule has 2 aromatic carbocycles. The number of nitrogen functional groups attached to an aromatic ring is 1. The molecule has 0 radical (unpaired) electrons. The SMILES string of the molecule is C[C@H](NS(=O)(=O)c1ccccc1-c1ccc(-c2cnc(N)cn2)c(F)c1)C(F)(F)F. The van der Waals surface area contributed by atoms with E-state index in [-0.39, 0.29) is 28.2 Å². The third-order valence-electron chi connectivity index (χ3n) is 4.23. The zero-order valence-electron chi connectivity index (χ0n) is 15.5. The highest BCUT2D eigenvalue weighted by Gasteiger charge is 2.39. The van der Waals surface area contributed by atoms with Gasteiger partial charge in [-0.25, -0.2) is 17.8 Å². The summed E-state index contributed by atoms with van der Waals surface area (Å²) in [6.07, 6.45) is -2.21. The summed E-state index contributed by atoms with van der Waals surface area (Å²) in [6.45, 7) is 0.697. The quantitative estimate of drug-likeness (QED) is 0.589. The molecule has 0 fully saturated rings. The molecule has 0 amide bonds. The first kappa shape index (κ1) is 21.7. The van der Waals surface area contributed by atoms with E-state index in [1.807, 2.05) is 0 Å². The number of benzene rings is 2. The maximum atomic E-state index is 14.7. The molecule has 0 bridgehead atoms. The number of hydrogen-bond acceptors (Lipinski definition) is 5. The first-order valence-electron chi connectivity index (χ1n) is 8.55. The number of halogens is 4. The molecule has 0 aliphatic rings. The van der Waals surface area contributed by atoms with Crippen LogP contribution in [0.2, 0.25) is 0 Å². The standard InChI is InChI=1S/C19H16F4N4O2S/c1-11(19(21,22)23)27-30(28,29)17-5-3-2-4-13(17)12-6-7-14(15(20)8-12)16-9-26-18(24)10-25-16/h2-11,27H,1H3,(H2,24,26)/t11-/m0/s1. The van der Waals surface area contributed by atoms with Crippen LogP contribution >= 0.6 is 0 Å². The lowest BCUT2D eigenvalue weighted by Gasteiger charge is -2.19. The van der Waals surface area contributed by atoms with Gasteiger partial charge in [0.2, 0.25) is 10.0 Å². The Bertz CT molecular complexity index is 1170. The van der Waals surface area contributed by atoms with Gasteiger partial charge in [0, 0.05) is 11.1 Å². The fourth-order valence-electron chi connectivity index (χ4n) is 2.67. The average Bonchev–Trinajstić information content (AvgIpc) is 2.68. The third-order valence-corrected chi connectivity index (χ3v) is 5.83. The topological polar surface area (TPSA) is 98.0 Å². The lowest BCUT2D eigenvalue weighted by Crippen LogP contribution is -2.43. The predicted octanol–water partition coefficient (Wildman–Crippen LogP) is 3.76. The van der Waals surface area contributed by atoms with E-state index >= 15 is 0 Å². The summed E-state index contributed by atoms with van der Waals surface area (Å²) < 4.78 is 79.8. The molecular weight excluding hydrogens is 424 g/mol. The van der Waals surface area contributed by atoms with E-state index < -0.39 is 33.0 Å². The molecule has 0 saturated heterocycles. The van der Waals surface area contributed by atoms with Gasteiger partial charge in [0.05, 0.1) is 23.0 Å². The highest BCUT2D eigenvalue weighted by atomic mass is 32.2. The number of aromatic nitrogens is 2. The number of hydrogen-bond donors (Lipinski definition) is 2. The number of nitrogens with one attached hydrogen (secondary N) is 1. The molecule has 3 aromatic rings. The van der Waals surface area contributed by atoms with Gasteiger partial charge in [-0.05, 0) is 30.7 Å². The molecule has 3 N–H and O–H groups in total. The minimum Gasteiger partial charge on any atom is -0.382 e. The highest BCUT2D eigenvalue weighted by molar-refractivity contribution is 7.89. The van der Waals surface area contributed by atoms with E-state index in [1.165, 1.54) is 42.7 Å². The second-order valence-electron chi connectivity index (χ2n) is 6.40. The lowest BCUT2D eigenvalue weighted by atomic mass is 10.0. The Morgan fingerprint density at radius 3 is 2.33 bits per heavy atom. The Balaban J connectivity index is 2.02. The van der Waals surface area contributed by atoms with Gasteiger partial charge in [0.25, 0.3) is 0 Å². The smallest absolute Gasteiger partial charge is 0.382 e. The van der Waals surface area contributed by atoms with E-state index in [0.29, 0.717) is 6.92 Å². The van der Waals surface area contributed by atoms with Gasteiger partial charge in [0.1, 0.15) is 17.7 Å². The molecule has 11 heteroatoms. The van der Waals surface area contributed by atoms with Crippen LogP contribution in [-0.4, -0.2) is 30.6 Å². The van der Waals surface area contributed by atoms with Crippen LogP contribution in [0.25, 0.3) is 22.4 Å². The van der Waals surface area contributed by atoms with Crippen molar-refractivity contribution in [2.45, 2.75) is 24.0 Å². The number of sulfonamides is 1. The fourth-order valence-corrected chi connectivity index (χ4v) is 4.13. The van der Waals surface area contributed by atoms with Gasteiger partial charge in [-0.2, -0.15) is 17.9 Å². The van der Waals surface area contributed by atoms with Crippen LogP contribution in [-0.2, 0) is 10.0 Å². The fraction of sp³-hybridized carbons (Fsp3) is 0.158. The van der Waals surface area contributed by atoms with Crippen LogP contribution in [0.5, 0.6) is 0 Å². The molecule has 6 nitrogen and oxygen atoms in total. The summed E-state index contributed by atoms with van der Waals surface area (Å²) in [5.41, 5.74) is 6.00. The molecule has 3 rings (SSSR count). The predicted molar refractivity (Wildman–Crippen MR) is 103 cm³/mol. The summed E-state index contributed by atoms with van der Waals surface area (Å²) in [6, 6.07) is 7.00. The summed E-state index contributed by atoms with van der Waals surface area (Å²) >= 11 is 0. The Hall–Kier alpha value is -3.05. The van der Waals surface area contributed by atoms with Gasteiger partial charge >= 0.3 is 6.18 Å². The first-order chi connectivity index (χ1) is 14.0. The van der Waals surface area contributed by atoms with Crippen molar-refractivity contribution in [3.05, 3.63) is 60.7 Å². The molecule has 1 aromatic heterocycles. The van der Waals surface area contributed by atoms with Crippen molar-refractivity contribution >= 4 is 15.8 Å². The average molecular weight is 440 g/mol. The van der Waals surface area contributed by atoms with Crippen molar-refractivity contribution in [1.82, 2.24) is 14.7 Å². The summed E-state index contributed by atoms with van der Waals surface area (Å²) in [5.74, 6) is -0.550. The molecule has 0 unspecified atom stereocenters. The third kappa shape index (κ3) is 4.57. The zero-order valence-corrected chi connectivity index (χ0v) is 16.3. The van der Waals surface area contributed by atoms with Crippen LogP contribution in [0.15, 0.2) is 59.8 Å². The van der Waals surface area contributed by atoms with Crippen LogP contribution in [0.4, 0.5) is 23.4 Å². The Labute approximate surface area is 169 Å². The molecular formula is C19H16F4N4O2S. The van der Waals surface area contributed by atoms with Crippen molar-refractivity contribution in [2.75, 3.05) is 5.73 Å². The molecule has 1 heterocycles. The number of rotatable bonds is 5. The van der Waals surface area contributed by atoms with Gasteiger partial charge in [0.15, 0.2) is 0 Å². The van der Waals surface area contributed by atoms with Crippen molar-refractivity contribution < 1.29 is 26.0 Å². The van der Waals surface area contributed by atoms with Crippen LogP contribution in [0.3, 0.4) is 0 Å². The van der Waals surface area contributed by atoms with E-state index in [9.17, 15) is 26.0 Å². The molecule has 158 valence electrons. The van der Waals surface area contributed by atoms with Crippen molar-refractivity contribution in [1.29, 1.82) is 0 Å². The highest BCUT2D eigenvalue weighted by Crippen LogP contribution is 2.31. The van der Waals surface area contributed by atoms with E-state index in [2.05, 4.69) is 9.97 Å². The zero-order chi connectivity index (χ0) is 22.1. The summed E-state index contributed by atoms with van der Waals surface area (Å²) in [7, 11) is -4.53. The lowest BCUT2D eigenvalue weighted by molar-refractivity contribution is -0.147. The Kier molecular flexibility index (Phi) is 5.77. The summed E-state index contributed by atoms with van der Waals surface area (Å²) in [5, 5.41) is 0. The van der Waals surface area contributed by atoms with Crippen LogP contribution in [0, 0.1) is 5.82 Å².